The molecule has 0 saturated carbocycles. The molecule has 114 valence electrons. The van der Waals surface area contributed by atoms with Crippen molar-refractivity contribution >= 4 is 11.9 Å². The summed E-state index contributed by atoms with van der Waals surface area (Å²) < 4.78 is 9.98. The standard InChI is InChI=1S/C14H22O6/c1-10(2)13(17)20-12(6-8-16)11(3)14(18)19-9-5-4-7-15/h15-16H,1,4-9H2,2-3H3/b12-11-. The Balaban J connectivity index is 4.68. The Labute approximate surface area is 118 Å². The van der Waals surface area contributed by atoms with E-state index >= 15 is 0 Å². The van der Waals surface area contributed by atoms with Gasteiger partial charge in [0.1, 0.15) is 5.76 Å². The first-order valence-electron chi connectivity index (χ1n) is 6.40. The molecule has 0 unspecified atom stereocenters. The number of esters is 2. The minimum Gasteiger partial charge on any atom is -0.462 e. The van der Waals surface area contributed by atoms with E-state index in [2.05, 4.69) is 6.58 Å². The lowest BCUT2D eigenvalue weighted by Gasteiger charge is -2.11. The number of carbonyl (C=O) groups is 2. The predicted octanol–water partition coefficient (Wildman–Crippen LogP) is 1.08. The molecule has 0 bridgehead atoms. The normalized spacial score (nSPS) is 11.6. The molecule has 0 spiro atoms. The number of hydrogen-bond acceptors (Lipinski definition) is 6. The van der Waals surface area contributed by atoms with Crippen molar-refractivity contribution in [3.8, 4) is 0 Å². The van der Waals surface area contributed by atoms with Crippen molar-refractivity contribution in [3.63, 3.8) is 0 Å². The van der Waals surface area contributed by atoms with Gasteiger partial charge in [0.2, 0.25) is 0 Å². The minimum absolute atomic E-state index is 0.0383. The molecule has 0 aromatic carbocycles. The van der Waals surface area contributed by atoms with Gasteiger partial charge in [-0.3, -0.25) is 0 Å². The van der Waals surface area contributed by atoms with Gasteiger partial charge in [-0.05, 0) is 26.7 Å². The third-order valence-electron chi connectivity index (χ3n) is 2.41. The van der Waals surface area contributed by atoms with Crippen LogP contribution in [0.3, 0.4) is 0 Å². The highest BCUT2D eigenvalue weighted by Gasteiger charge is 2.16. The first kappa shape index (κ1) is 18.3. The number of aliphatic hydroxyl groups is 2. The van der Waals surface area contributed by atoms with Crippen LogP contribution < -0.4 is 0 Å². The summed E-state index contributed by atoms with van der Waals surface area (Å²) >= 11 is 0. The summed E-state index contributed by atoms with van der Waals surface area (Å²) in [5.74, 6) is -1.19. The molecule has 0 aliphatic rings. The summed E-state index contributed by atoms with van der Waals surface area (Å²) in [6.07, 6.45) is 1.14. The van der Waals surface area contributed by atoms with Crippen molar-refractivity contribution in [1.29, 1.82) is 0 Å². The maximum atomic E-state index is 11.7. The monoisotopic (exact) mass is 286 g/mol. The van der Waals surface area contributed by atoms with Crippen LogP contribution in [-0.4, -0.2) is 42.0 Å². The molecule has 0 aliphatic carbocycles. The molecule has 0 radical (unpaired) electrons. The van der Waals surface area contributed by atoms with Crippen LogP contribution in [0.1, 0.15) is 33.1 Å². The van der Waals surface area contributed by atoms with Crippen LogP contribution in [0.25, 0.3) is 0 Å². The van der Waals surface area contributed by atoms with Crippen molar-refractivity contribution in [2.45, 2.75) is 33.1 Å². The van der Waals surface area contributed by atoms with Crippen LogP contribution in [0.2, 0.25) is 0 Å². The molecule has 0 amide bonds. The van der Waals surface area contributed by atoms with Gasteiger partial charge in [-0.2, -0.15) is 0 Å². The smallest absolute Gasteiger partial charge is 0.338 e. The van der Waals surface area contributed by atoms with Crippen molar-refractivity contribution in [2.75, 3.05) is 19.8 Å². The van der Waals surface area contributed by atoms with Crippen molar-refractivity contribution in [1.82, 2.24) is 0 Å². The summed E-state index contributed by atoms with van der Waals surface area (Å²) in [5.41, 5.74) is 0.335. The highest BCUT2D eigenvalue weighted by molar-refractivity contribution is 5.91. The van der Waals surface area contributed by atoms with Gasteiger partial charge in [-0.1, -0.05) is 6.58 Å². The van der Waals surface area contributed by atoms with Gasteiger partial charge in [0.25, 0.3) is 0 Å². The topological polar surface area (TPSA) is 93.1 Å². The molecule has 6 nitrogen and oxygen atoms in total. The Bertz CT molecular complexity index is 383. The zero-order chi connectivity index (χ0) is 15.5. The van der Waals surface area contributed by atoms with Gasteiger partial charge in [0, 0.05) is 18.6 Å². The number of hydrogen-bond donors (Lipinski definition) is 2. The number of carbonyl (C=O) groups excluding carboxylic acids is 2. The highest BCUT2D eigenvalue weighted by atomic mass is 16.5. The fourth-order valence-electron chi connectivity index (χ4n) is 1.22. The Morgan fingerprint density at radius 1 is 1.05 bits per heavy atom. The van der Waals surface area contributed by atoms with E-state index in [-0.39, 0.29) is 43.1 Å². The van der Waals surface area contributed by atoms with Gasteiger partial charge in [0.05, 0.1) is 18.8 Å². The number of ether oxygens (including phenoxy) is 2. The van der Waals surface area contributed by atoms with Crippen LogP contribution in [0.15, 0.2) is 23.5 Å². The highest BCUT2D eigenvalue weighted by Crippen LogP contribution is 2.14. The SMILES string of the molecule is C=C(C)C(=O)O/C(CCO)=C(/C)C(=O)OCCCCO. The molecule has 0 aromatic heterocycles. The Morgan fingerprint density at radius 3 is 2.20 bits per heavy atom. The molecule has 0 heterocycles. The Kier molecular flexibility index (Phi) is 9.32. The van der Waals surface area contributed by atoms with Gasteiger partial charge >= 0.3 is 11.9 Å². The predicted molar refractivity (Wildman–Crippen MR) is 72.6 cm³/mol. The van der Waals surface area contributed by atoms with E-state index in [1.54, 1.807) is 0 Å². The van der Waals surface area contributed by atoms with Gasteiger partial charge in [-0.15, -0.1) is 0 Å². The zero-order valence-corrected chi connectivity index (χ0v) is 12.0. The molecular weight excluding hydrogens is 264 g/mol. The lowest BCUT2D eigenvalue weighted by atomic mass is 10.2. The second-order valence-corrected chi connectivity index (χ2v) is 4.26. The maximum Gasteiger partial charge on any atom is 0.338 e. The average Bonchev–Trinajstić information content (AvgIpc) is 2.41. The summed E-state index contributed by atoms with van der Waals surface area (Å²) in [4.78, 5) is 23.2. The zero-order valence-electron chi connectivity index (χ0n) is 12.0. The van der Waals surface area contributed by atoms with E-state index in [1.807, 2.05) is 0 Å². The van der Waals surface area contributed by atoms with Gasteiger partial charge in [-0.25, -0.2) is 9.59 Å². The molecule has 0 atom stereocenters. The molecule has 0 rings (SSSR count). The molecule has 6 heteroatoms. The number of unbranched alkanes of at least 4 members (excludes halogenated alkanes) is 1. The lowest BCUT2D eigenvalue weighted by molar-refractivity contribution is -0.140. The first-order chi connectivity index (χ1) is 9.43. The van der Waals surface area contributed by atoms with E-state index in [0.29, 0.717) is 12.8 Å². The van der Waals surface area contributed by atoms with E-state index in [1.165, 1.54) is 13.8 Å². The third kappa shape index (κ3) is 7.06. The third-order valence-corrected chi connectivity index (χ3v) is 2.41. The molecule has 0 aromatic rings. The largest absolute Gasteiger partial charge is 0.462 e. The summed E-state index contributed by atoms with van der Waals surface area (Å²) in [6.45, 7) is 6.36. The van der Waals surface area contributed by atoms with Crippen LogP contribution in [0.4, 0.5) is 0 Å². The van der Waals surface area contributed by atoms with E-state index in [4.69, 9.17) is 19.7 Å². The molecule has 2 N–H and O–H groups in total. The Morgan fingerprint density at radius 2 is 1.70 bits per heavy atom. The van der Waals surface area contributed by atoms with Crippen LogP contribution >= 0.6 is 0 Å². The number of aliphatic hydroxyl groups excluding tert-OH is 2. The molecule has 20 heavy (non-hydrogen) atoms. The van der Waals surface area contributed by atoms with Crippen molar-refractivity contribution in [3.05, 3.63) is 23.5 Å². The number of rotatable bonds is 9. The van der Waals surface area contributed by atoms with Gasteiger partial charge < -0.3 is 19.7 Å². The summed E-state index contributed by atoms with van der Waals surface area (Å²) in [6, 6.07) is 0. The first-order valence-corrected chi connectivity index (χ1v) is 6.40. The molecular formula is C14H22O6. The molecule has 0 fully saturated rings. The Hall–Kier alpha value is -1.66. The summed E-state index contributed by atoms with van der Waals surface area (Å²) in [5, 5.41) is 17.5. The fourth-order valence-corrected chi connectivity index (χ4v) is 1.22. The quantitative estimate of drug-likeness (QED) is 0.285. The molecule has 0 aliphatic heterocycles. The lowest BCUT2D eigenvalue weighted by Crippen LogP contribution is -2.14. The summed E-state index contributed by atoms with van der Waals surface area (Å²) in [7, 11) is 0. The second kappa shape index (κ2) is 10.2. The van der Waals surface area contributed by atoms with Crippen LogP contribution in [0, 0.1) is 0 Å². The van der Waals surface area contributed by atoms with E-state index in [0.717, 1.165) is 0 Å². The van der Waals surface area contributed by atoms with E-state index in [9.17, 15) is 9.59 Å². The average molecular weight is 286 g/mol. The molecule has 0 saturated heterocycles. The minimum atomic E-state index is -0.652. The van der Waals surface area contributed by atoms with Crippen molar-refractivity contribution in [2.24, 2.45) is 0 Å². The van der Waals surface area contributed by atoms with E-state index < -0.39 is 11.9 Å². The van der Waals surface area contributed by atoms with Crippen LogP contribution in [0.5, 0.6) is 0 Å². The maximum absolute atomic E-state index is 11.7. The second-order valence-electron chi connectivity index (χ2n) is 4.26. The van der Waals surface area contributed by atoms with Crippen LogP contribution in [-0.2, 0) is 19.1 Å². The fraction of sp³-hybridized carbons (Fsp3) is 0.571. The van der Waals surface area contributed by atoms with Gasteiger partial charge in [0.15, 0.2) is 0 Å². The van der Waals surface area contributed by atoms with Crippen molar-refractivity contribution < 1.29 is 29.3 Å².